The second-order valence-corrected chi connectivity index (χ2v) is 8.84. The number of pyridine rings is 1. The van der Waals surface area contributed by atoms with Gasteiger partial charge in [-0.1, -0.05) is 19.9 Å². The molecule has 33 heavy (non-hydrogen) atoms. The van der Waals surface area contributed by atoms with Gasteiger partial charge in [-0.2, -0.15) is 0 Å². The Morgan fingerprint density at radius 1 is 1.09 bits per heavy atom. The summed E-state index contributed by atoms with van der Waals surface area (Å²) in [7, 11) is 0. The summed E-state index contributed by atoms with van der Waals surface area (Å²) in [4.78, 5) is 17.4. The van der Waals surface area contributed by atoms with Crippen molar-refractivity contribution in [3.63, 3.8) is 0 Å². The summed E-state index contributed by atoms with van der Waals surface area (Å²) in [5.41, 5.74) is 8.75. The molecule has 0 amide bonds. The minimum absolute atomic E-state index is 0. The number of hydrogen-bond donors (Lipinski definition) is 3. The molecule has 5 nitrogen and oxygen atoms in total. The van der Waals surface area contributed by atoms with E-state index in [1.54, 1.807) is 24.4 Å². The summed E-state index contributed by atoms with van der Waals surface area (Å²) in [6.07, 6.45) is 5.21. The van der Waals surface area contributed by atoms with Crippen LogP contribution in [0.15, 0.2) is 36.5 Å². The number of carbonyl (C=O) groups excluding carboxylic acids is 1. The fourth-order valence-corrected chi connectivity index (χ4v) is 4.23. The van der Waals surface area contributed by atoms with Crippen LogP contribution in [-0.4, -0.2) is 28.0 Å². The Balaban J connectivity index is 0.00000306. The Labute approximate surface area is 197 Å². The minimum Gasteiger partial charge on any atom is -0.503 e. The smallest absolute Gasteiger partial charge is 0.187 e. The van der Waals surface area contributed by atoms with Crippen molar-refractivity contribution in [1.29, 1.82) is 0 Å². The molecule has 4 N–H and O–H groups in total. The van der Waals surface area contributed by atoms with Gasteiger partial charge in [0, 0.05) is 29.6 Å². The standard InChI is InChI=1S/C25H27F2N3O2.ClH/c1-13(2)24(31)19-12-29-22-8-3-14(15-10-20(26)25(32)21(27)11-15)9-18(22)23(19)30-17-6-4-16(28)5-7-17;/h3,8-13,16-17,32H,4-7,28H2,1-2H3,(H,29,30);1H. The molecule has 176 valence electrons. The van der Waals surface area contributed by atoms with Crippen molar-refractivity contribution in [3.05, 3.63) is 53.7 Å². The van der Waals surface area contributed by atoms with Gasteiger partial charge in [0.2, 0.25) is 0 Å². The Kier molecular flexibility index (Phi) is 7.55. The molecule has 1 saturated carbocycles. The molecule has 1 fully saturated rings. The van der Waals surface area contributed by atoms with E-state index in [4.69, 9.17) is 5.73 Å². The number of carbonyl (C=O) groups is 1. The van der Waals surface area contributed by atoms with Gasteiger partial charge in [0.1, 0.15) is 0 Å². The van der Waals surface area contributed by atoms with Gasteiger partial charge in [0.05, 0.1) is 16.8 Å². The zero-order valence-corrected chi connectivity index (χ0v) is 19.4. The average molecular weight is 476 g/mol. The third-order valence-electron chi connectivity index (χ3n) is 6.13. The molecule has 1 aromatic heterocycles. The number of phenolic OH excluding ortho intramolecular Hbond substituents is 1. The molecule has 8 heteroatoms. The highest BCUT2D eigenvalue weighted by molar-refractivity contribution is 6.09. The lowest BCUT2D eigenvalue weighted by Gasteiger charge is -2.29. The lowest BCUT2D eigenvalue weighted by atomic mass is 9.90. The Hall–Kier alpha value is -2.77. The van der Waals surface area contributed by atoms with E-state index in [-0.39, 0.29) is 41.8 Å². The number of ketones is 1. The number of Topliss-reactive ketones (excluding diaryl/α,β-unsaturated/α-hetero) is 1. The van der Waals surface area contributed by atoms with Crippen LogP contribution in [-0.2, 0) is 0 Å². The first-order chi connectivity index (χ1) is 15.2. The topological polar surface area (TPSA) is 88.2 Å². The van der Waals surface area contributed by atoms with Gasteiger partial charge in [0.15, 0.2) is 23.2 Å². The first-order valence-corrected chi connectivity index (χ1v) is 10.9. The fraction of sp³-hybridized carbons (Fsp3) is 0.360. The minimum atomic E-state index is -1.03. The Morgan fingerprint density at radius 3 is 2.33 bits per heavy atom. The van der Waals surface area contributed by atoms with Crippen LogP contribution in [0.4, 0.5) is 14.5 Å². The molecule has 0 atom stereocenters. The predicted molar refractivity (Wildman–Crippen MR) is 129 cm³/mol. The fourth-order valence-electron chi connectivity index (χ4n) is 4.23. The zero-order chi connectivity index (χ0) is 23.0. The molecule has 0 saturated heterocycles. The van der Waals surface area contributed by atoms with E-state index >= 15 is 0 Å². The molecule has 3 aromatic rings. The Bertz CT molecular complexity index is 1150. The number of nitrogens with two attached hydrogens (primary N) is 1. The SMILES string of the molecule is CC(C)C(=O)c1cnc2ccc(-c3cc(F)c(O)c(F)c3)cc2c1NC1CCC(N)CC1.Cl. The second kappa shape index (κ2) is 10.0. The van der Waals surface area contributed by atoms with Crippen LogP contribution in [0.5, 0.6) is 5.75 Å². The van der Waals surface area contributed by atoms with E-state index in [1.807, 2.05) is 13.8 Å². The number of halogens is 3. The molecule has 0 aliphatic heterocycles. The van der Waals surface area contributed by atoms with Gasteiger partial charge in [-0.3, -0.25) is 9.78 Å². The number of hydrogen-bond acceptors (Lipinski definition) is 5. The lowest BCUT2D eigenvalue weighted by molar-refractivity contribution is 0.0940. The van der Waals surface area contributed by atoms with Gasteiger partial charge in [-0.05, 0) is 61.1 Å². The molecule has 1 aliphatic carbocycles. The first kappa shape index (κ1) is 24.9. The van der Waals surface area contributed by atoms with Crippen LogP contribution in [0.3, 0.4) is 0 Å². The number of nitrogens with zero attached hydrogens (tertiary/aromatic N) is 1. The summed E-state index contributed by atoms with van der Waals surface area (Å²) in [6, 6.07) is 7.81. The average Bonchev–Trinajstić information content (AvgIpc) is 2.78. The van der Waals surface area contributed by atoms with Crippen LogP contribution in [0.2, 0.25) is 0 Å². The number of fused-ring (bicyclic) bond motifs is 1. The lowest BCUT2D eigenvalue weighted by Crippen LogP contribution is -2.33. The largest absolute Gasteiger partial charge is 0.503 e. The summed E-state index contributed by atoms with van der Waals surface area (Å²) in [5, 5.41) is 13.7. The number of anilines is 1. The van der Waals surface area contributed by atoms with Gasteiger partial charge >= 0.3 is 0 Å². The van der Waals surface area contributed by atoms with E-state index in [1.165, 1.54) is 0 Å². The van der Waals surface area contributed by atoms with Gasteiger partial charge in [-0.25, -0.2) is 8.78 Å². The van der Waals surface area contributed by atoms with E-state index in [0.717, 1.165) is 37.8 Å². The zero-order valence-electron chi connectivity index (χ0n) is 18.6. The maximum atomic E-state index is 13.9. The number of benzene rings is 2. The highest BCUT2D eigenvalue weighted by Crippen LogP contribution is 2.35. The van der Waals surface area contributed by atoms with Crippen LogP contribution in [0, 0.1) is 17.6 Å². The van der Waals surface area contributed by atoms with Crippen molar-refractivity contribution in [1.82, 2.24) is 4.98 Å². The van der Waals surface area contributed by atoms with E-state index in [0.29, 0.717) is 27.7 Å². The van der Waals surface area contributed by atoms with Crippen LogP contribution in [0.1, 0.15) is 49.9 Å². The van der Waals surface area contributed by atoms with Crippen molar-refractivity contribution in [2.24, 2.45) is 11.7 Å². The first-order valence-electron chi connectivity index (χ1n) is 10.9. The molecule has 1 aliphatic rings. The van der Waals surface area contributed by atoms with Crippen molar-refractivity contribution in [2.75, 3.05) is 5.32 Å². The highest BCUT2D eigenvalue weighted by atomic mass is 35.5. The molecular formula is C25H28ClF2N3O2. The summed E-state index contributed by atoms with van der Waals surface area (Å²) >= 11 is 0. The van der Waals surface area contributed by atoms with Crippen LogP contribution in [0.25, 0.3) is 22.0 Å². The van der Waals surface area contributed by atoms with Crippen LogP contribution >= 0.6 is 12.4 Å². The molecule has 4 rings (SSSR count). The predicted octanol–water partition coefficient (Wildman–Crippen LogP) is 5.83. The monoisotopic (exact) mass is 475 g/mol. The van der Waals surface area contributed by atoms with E-state index in [2.05, 4.69) is 10.3 Å². The summed E-state index contributed by atoms with van der Waals surface area (Å²) in [6.45, 7) is 3.68. The number of rotatable bonds is 5. The molecule has 0 unspecified atom stereocenters. The van der Waals surface area contributed by atoms with Crippen LogP contribution < -0.4 is 11.1 Å². The maximum absolute atomic E-state index is 13.9. The summed E-state index contributed by atoms with van der Waals surface area (Å²) in [5.74, 6) is -3.30. The third-order valence-corrected chi connectivity index (χ3v) is 6.13. The summed E-state index contributed by atoms with van der Waals surface area (Å²) < 4.78 is 27.9. The molecular weight excluding hydrogens is 448 g/mol. The quantitative estimate of drug-likeness (QED) is 0.404. The molecule has 0 radical (unpaired) electrons. The van der Waals surface area contributed by atoms with E-state index < -0.39 is 17.4 Å². The normalized spacial score (nSPS) is 18.2. The number of aromatic hydroxyl groups is 1. The second-order valence-electron chi connectivity index (χ2n) is 8.84. The Morgan fingerprint density at radius 2 is 1.73 bits per heavy atom. The van der Waals surface area contributed by atoms with E-state index in [9.17, 15) is 18.7 Å². The molecule has 2 aromatic carbocycles. The van der Waals surface area contributed by atoms with Crippen molar-refractivity contribution < 1.29 is 18.7 Å². The third kappa shape index (κ3) is 5.09. The van der Waals surface area contributed by atoms with Crippen molar-refractivity contribution in [3.8, 4) is 16.9 Å². The van der Waals surface area contributed by atoms with Gasteiger partial charge < -0.3 is 16.2 Å². The number of nitrogens with one attached hydrogen (secondary N) is 1. The van der Waals surface area contributed by atoms with Crippen molar-refractivity contribution >= 4 is 34.8 Å². The van der Waals surface area contributed by atoms with Gasteiger partial charge in [-0.15, -0.1) is 12.4 Å². The molecule has 0 spiro atoms. The number of aromatic nitrogens is 1. The molecule has 0 bridgehead atoms. The number of phenols is 1. The molecule has 1 heterocycles. The maximum Gasteiger partial charge on any atom is 0.187 e. The van der Waals surface area contributed by atoms with Gasteiger partial charge in [0.25, 0.3) is 0 Å². The highest BCUT2D eigenvalue weighted by Gasteiger charge is 2.24. The van der Waals surface area contributed by atoms with Crippen molar-refractivity contribution in [2.45, 2.75) is 51.6 Å².